The topological polar surface area (TPSA) is 78.9 Å². The van der Waals surface area contributed by atoms with E-state index in [1.807, 2.05) is 0 Å². The summed E-state index contributed by atoms with van der Waals surface area (Å²) in [5.41, 5.74) is 0. The number of carbonyl (C=O) groups excluding carboxylic acids is 3. The molecule has 0 aromatic rings. The third-order valence-electron chi connectivity index (χ3n) is 15.3. The van der Waals surface area contributed by atoms with Gasteiger partial charge in [-0.3, -0.25) is 14.4 Å². The number of hydrogen-bond acceptors (Lipinski definition) is 6. The number of allylic oxidation sites excluding steroid dienone is 16. The summed E-state index contributed by atoms with van der Waals surface area (Å²) in [6, 6.07) is 0. The smallest absolute Gasteiger partial charge is 0.306 e. The zero-order valence-electron chi connectivity index (χ0n) is 54.2. The highest BCUT2D eigenvalue weighted by molar-refractivity contribution is 5.71. The Kier molecular flexibility index (Phi) is 66.7. The van der Waals surface area contributed by atoms with Crippen LogP contribution in [0, 0.1) is 0 Å². The number of carbonyl (C=O) groups is 3. The molecule has 0 aliphatic rings. The quantitative estimate of drug-likeness (QED) is 0.0261. The van der Waals surface area contributed by atoms with Crippen molar-refractivity contribution in [2.75, 3.05) is 13.2 Å². The van der Waals surface area contributed by atoms with Gasteiger partial charge in [-0.25, -0.2) is 0 Å². The van der Waals surface area contributed by atoms with Gasteiger partial charge in [-0.1, -0.05) is 323 Å². The Balaban J connectivity index is 4.24. The number of esters is 3. The standard InChI is InChI=1S/C76H132O6/c1-4-7-10-13-16-19-22-24-26-28-30-32-34-36-38-40-42-44-46-48-50-52-54-57-60-63-66-69-75(78)81-72-73(71-80-74(77)68-65-62-59-56-21-18-15-12-9-6-3)82-76(79)70-67-64-61-58-55-53-51-49-47-45-43-41-39-37-35-33-31-29-27-25-23-20-17-14-11-8-5-2/h7,10,16,19,24,26,29-32,36,38,42,44,48,50,73H,4-6,8-9,11-15,17-18,20-23,25,27-28,33-35,37,39-41,43,45-47,49,51-72H2,1-3H3/b10-7-,19-16-,26-24-,31-29-,32-30-,38-36-,44-42-,50-48-. The van der Waals surface area contributed by atoms with Crippen LogP contribution < -0.4 is 0 Å². The van der Waals surface area contributed by atoms with Crippen molar-refractivity contribution in [3.8, 4) is 0 Å². The normalized spacial score (nSPS) is 12.7. The lowest BCUT2D eigenvalue weighted by atomic mass is 10.0. The third-order valence-corrected chi connectivity index (χ3v) is 15.3. The van der Waals surface area contributed by atoms with Crippen LogP contribution in [0.1, 0.15) is 348 Å². The molecule has 0 aliphatic heterocycles. The van der Waals surface area contributed by atoms with E-state index in [-0.39, 0.29) is 31.1 Å². The predicted molar refractivity (Wildman–Crippen MR) is 357 cm³/mol. The molecule has 1 atom stereocenters. The molecule has 6 heteroatoms. The van der Waals surface area contributed by atoms with Gasteiger partial charge < -0.3 is 14.2 Å². The van der Waals surface area contributed by atoms with Gasteiger partial charge in [0.05, 0.1) is 0 Å². The van der Waals surface area contributed by atoms with E-state index < -0.39 is 6.10 Å². The number of rotatable bonds is 64. The van der Waals surface area contributed by atoms with Gasteiger partial charge in [-0.2, -0.15) is 0 Å². The fourth-order valence-corrected chi connectivity index (χ4v) is 10.1. The lowest BCUT2D eigenvalue weighted by molar-refractivity contribution is -0.167. The molecule has 0 rings (SSSR count). The summed E-state index contributed by atoms with van der Waals surface area (Å²) in [6.07, 6.45) is 94.4. The number of ether oxygens (including phenoxy) is 3. The first kappa shape index (κ1) is 78.3. The maximum Gasteiger partial charge on any atom is 0.306 e. The predicted octanol–water partition coefficient (Wildman–Crippen LogP) is 24.4. The van der Waals surface area contributed by atoms with E-state index in [9.17, 15) is 14.4 Å². The first-order valence-corrected chi connectivity index (χ1v) is 35.2. The first-order valence-electron chi connectivity index (χ1n) is 35.2. The molecule has 0 spiro atoms. The average Bonchev–Trinajstić information content (AvgIpc) is 3.48. The van der Waals surface area contributed by atoms with E-state index in [0.717, 1.165) is 122 Å². The van der Waals surface area contributed by atoms with Crippen molar-refractivity contribution in [3.05, 3.63) is 97.2 Å². The largest absolute Gasteiger partial charge is 0.462 e. The van der Waals surface area contributed by atoms with Crippen molar-refractivity contribution in [2.45, 2.75) is 354 Å². The zero-order valence-corrected chi connectivity index (χ0v) is 54.2. The van der Waals surface area contributed by atoms with Crippen molar-refractivity contribution in [2.24, 2.45) is 0 Å². The van der Waals surface area contributed by atoms with Gasteiger partial charge in [0.2, 0.25) is 0 Å². The molecule has 0 fully saturated rings. The Hall–Kier alpha value is -3.67. The SMILES string of the molecule is CC/C=C\C/C=C\C/C=C\C/C=C\C/C=C\C/C=C\C/C=C\CCCCCCCC(=O)OCC(COC(=O)CCCCCCCCCCCC)OC(=O)CCCCCCCCCCCCCCCCC/C=C\CCCCCCCCCC. The maximum absolute atomic E-state index is 12.9. The van der Waals surface area contributed by atoms with Crippen molar-refractivity contribution < 1.29 is 28.6 Å². The summed E-state index contributed by atoms with van der Waals surface area (Å²) in [4.78, 5) is 38.3. The molecular formula is C76H132O6. The molecule has 0 N–H and O–H groups in total. The molecule has 472 valence electrons. The van der Waals surface area contributed by atoms with E-state index in [4.69, 9.17) is 14.2 Å². The van der Waals surface area contributed by atoms with Crippen LogP contribution in [0.4, 0.5) is 0 Å². The summed E-state index contributed by atoms with van der Waals surface area (Å²) >= 11 is 0. The van der Waals surface area contributed by atoms with E-state index in [0.29, 0.717) is 19.3 Å². The van der Waals surface area contributed by atoms with Gasteiger partial charge in [-0.15, -0.1) is 0 Å². The summed E-state index contributed by atoms with van der Waals surface area (Å²) in [6.45, 7) is 6.54. The number of unbranched alkanes of at least 4 members (excludes halogenated alkanes) is 37. The minimum atomic E-state index is -0.785. The Labute approximate surface area is 508 Å². The highest BCUT2D eigenvalue weighted by Crippen LogP contribution is 2.17. The summed E-state index contributed by atoms with van der Waals surface area (Å²) < 4.78 is 16.9. The van der Waals surface area contributed by atoms with Gasteiger partial charge >= 0.3 is 17.9 Å². The van der Waals surface area contributed by atoms with Crippen LogP contribution in [0.3, 0.4) is 0 Å². The summed E-state index contributed by atoms with van der Waals surface area (Å²) in [7, 11) is 0. The van der Waals surface area contributed by atoms with E-state index >= 15 is 0 Å². The van der Waals surface area contributed by atoms with Gasteiger partial charge in [0.25, 0.3) is 0 Å². The lowest BCUT2D eigenvalue weighted by Crippen LogP contribution is -2.30. The van der Waals surface area contributed by atoms with E-state index in [1.54, 1.807) is 0 Å². The second-order valence-corrected chi connectivity index (χ2v) is 23.4. The van der Waals surface area contributed by atoms with Crippen LogP contribution in [0.15, 0.2) is 97.2 Å². The molecule has 82 heavy (non-hydrogen) atoms. The van der Waals surface area contributed by atoms with Crippen LogP contribution in [-0.4, -0.2) is 37.2 Å². The van der Waals surface area contributed by atoms with Crippen LogP contribution >= 0.6 is 0 Å². The highest BCUT2D eigenvalue weighted by atomic mass is 16.6. The van der Waals surface area contributed by atoms with Gasteiger partial charge in [0, 0.05) is 19.3 Å². The minimum absolute atomic E-state index is 0.0804. The van der Waals surface area contributed by atoms with Crippen molar-refractivity contribution in [1.82, 2.24) is 0 Å². The molecule has 0 saturated heterocycles. The first-order chi connectivity index (χ1) is 40.5. The van der Waals surface area contributed by atoms with Crippen LogP contribution in [0.25, 0.3) is 0 Å². The molecule has 0 radical (unpaired) electrons. The molecular weight excluding hydrogens is 1010 g/mol. The van der Waals surface area contributed by atoms with Crippen molar-refractivity contribution in [1.29, 1.82) is 0 Å². The molecule has 1 unspecified atom stereocenters. The second kappa shape index (κ2) is 69.8. The van der Waals surface area contributed by atoms with Crippen LogP contribution in [-0.2, 0) is 28.6 Å². The average molecular weight is 1140 g/mol. The minimum Gasteiger partial charge on any atom is -0.462 e. The van der Waals surface area contributed by atoms with Gasteiger partial charge in [0.1, 0.15) is 13.2 Å². The van der Waals surface area contributed by atoms with Crippen molar-refractivity contribution in [3.63, 3.8) is 0 Å². The second-order valence-electron chi connectivity index (χ2n) is 23.4. The third kappa shape index (κ3) is 67.1. The fraction of sp³-hybridized carbons (Fsp3) is 0.750. The Bertz CT molecular complexity index is 1590. The fourth-order valence-electron chi connectivity index (χ4n) is 10.1. The van der Waals surface area contributed by atoms with E-state index in [1.165, 1.54) is 186 Å². The molecule has 0 saturated carbocycles. The van der Waals surface area contributed by atoms with Crippen LogP contribution in [0.2, 0.25) is 0 Å². The van der Waals surface area contributed by atoms with Gasteiger partial charge in [-0.05, 0) is 103 Å². The van der Waals surface area contributed by atoms with Crippen LogP contribution in [0.5, 0.6) is 0 Å². The van der Waals surface area contributed by atoms with E-state index in [2.05, 4.69) is 118 Å². The molecule has 0 bridgehead atoms. The summed E-state index contributed by atoms with van der Waals surface area (Å²) in [5.74, 6) is -0.887. The monoisotopic (exact) mass is 1140 g/mol. The Morgan fingerprint density at radius 1 is 0.256 bits per heavy atom. The summed E-state index contributed by atoms with van der Waals surface area (Å²) in [5, 5.41) is 0. The van der Waals surface area contributed by atoms with Crippen molar-refractivity contribution >= 4 is 17.9 Å². The Morgan fingerprint density at radius 2 is 0.476 bits per heavy atom. The molecule has 0 heterocycles. The maximum atomic E-state index is 12.9. The Morgan fingerprint density at radius 3 is 0.756 bits per heavy atom. The van der Waals surface area contributed by atoms with Gasteiger partial charge in [0.15, 0.2) is 6.10 Å². The molecule has 0 aromatic carbocycles. The number of hydrogen-bond donors (Lipinski definition) is 0. The lowest BCUT2D eigenvalue weighted by Gasteiger charge is -2.18. The molecule has 0 aliphatic carbocycles. The molecule has 0 amide bonds. The molecule has 6 nitrogen and oxygen atoms in total. The highest BCUT2D eigenvalue weighted by Gasteiger charge is 2.19. The molecule has 0 aromatic heterocycles. The zero-order chi connectivity index (χ0) is 59.2.